The monoisotopic (exact) mass is 319 g/mol. The molecule has 0 spiro atoms. The van der Waals surface area contributed by atoms with Gasteiger partial charge in [-0.05, 0) is 42.9 Å². The predicted molar refractivity (Wildman–Crippen MR) is 92.9 cm³/mol. The van der Waals surface area contributed by atoms with Crippen LogP contribution in [-0.4, -0.2) is 4.98 Å². The van der Waals surface area contributed by atoms with Crippen molar-refractivity contribution in [3.63, 3.8) is 0 Å². The third kappa shape index (κ3) is 4.07. The largest absolute Gasteiger partial charge is 0.241 e. The molecule has 1 aromatic carbocycles. The van der Waals surface area contributed by atoms with Crippen LogP contribution in [-0.2, 0) is 6.42 Å². The Labute approximate surface area is 137 Å². The fraction of sp³-hybridized carbons (Fsp3) is 0.632. The van der Waals surface area contributed by atoms with Crippen molar-refractivity contribution in [3.05, 3.63) is 29.0 Å². The van der Waals surface area contributed by atoms with Gasteiger partial charge in [0, 0.05) is 0 Å². The smallest absolute Gasteiger partial charge is 0.124 e. The molecule has 0 saturated heterocycles. The number of nitrogens with zero attached hydrogens (tertiary/aromatic N) is 1. The van der Waals surface area contributed by atoms with Gasteiger partial charge in [0.2, 0.25) is 0 Å². The van der Waals surface area contributed by atoms with Gasteiger partial charge < -0.3 is 0 Å². The van der Waals surface area contributed by atoms with E-state index in [1.54, 1.807) is 23.5 Å². The average molecular weight is 319 g/mol. The van der Waals surface area contributed by atoms with Crippen molar-refractivity contribution >= 4 is 21.6 Å². The first-order valence-electron chi connectivity index (χ1n) is 8.79. The Kier molecular flexibility index (Phi) is 5.46. The van der Waals surface area contributed by atoms with Gasteiger partial charge in [-0.15, -0.1) is 11.3 Å². The molecule has 0 unspecified atom stereocenters. The van der Waals surface area contributed by atoms with Gasteiger partial charge >= 0.3 is 0 Å². The van der Waals surface area contributed by atoms with Crippen LogP contribution in [0.5, 0.6) is 0 Å². The highest BCUT2D eigenvalue weighted by molar-refractivity contribution is 7.18. The zero-order chi connectivity index (χ0) is 15.4. The molecule has 3 rings (SSSR count). The Morgan fingerprint density at radius 2 is 1.86 bits per heavy atom. The second-order valence-corrected chi connectivity index (χ2v) is 7.90. The van der Waals surface area contributed by atoms with Crippen molar-refractivity contribution in [1.82, 2.24) is 4.98 Å². The lowest BCUT2D eigenvalue weighted by atomic mass is 9.78. The fourth-order valence-electron chi connectivity index (χ4n) is 3.68. The summed E-state index contributed by atoms with van der Waals surface area (Å²) in [5.41, 5.74) is 0.949. The van der Waals surface area contributed by atoms with Gasteiger partial charge in [-0.2, -0.15) is 0 Å². The van der Waals surface area contributed by atoms with Crippen molar-refractivity contribution in [2.75, 3.05) is 0 Å². The summed E-state index contributed by atoms with van der Waals surface area (Å²) in [6.07, 6.45) is 12.1. The highest BCUT2D eigenvalue weighted by Gasteiger charge is 2.21. The Bertz CT molecular complexity index is 599. The maximum absolute atomic E-state index is 13.2. The maximum Gasteiger partial charge on any atom is 0.124 e. The van der Waals surface area contributed by atoms with Crippen LogP contribution in [0, 0.1) is 17.7 Å². The molecule has 1 fully saturated rings. The van der Waals surface area contributed by atoms with E-state index in [0.717, 1.165) is 28.5 Å². The molecule has 1 aliphatic rings. The van der Waals surface area contributed by atoms with Crippen LogP contribution in [0.15, 0.2) is 18.2 Å². The van der Waals surface area contributed by atoms with E-state index in [0.29, 0.717) is 0 Å². The number of hydrogen-bond acceptors (Lipinski definition) is 2. The molecule has 0 N–H and O–H groups in total. The second kappa shape index (κ2) is 7.54. The zero-order valence-electron chi connectivity index (χ0n) is 13.5. The standard InChI is InChI=1S/C19H26FNS/c1-2-3-4-14-5-7-15(8-6-14)9-12-19-21-17-11-10-16(20)13-18(17)22-19/h10-11,13-15H,2-9,12H2,1H3. The topological polar surface area (TPSA) is 12.9 Å². The molecule has 0 atom stereocenters. The highest BCUT2D eigenvalue weighted by Crippen LogP contribution is 2.34. The molecule has 3 heteroatoms. The number of benzene rings is 1. The maximum atomic E-state index is 13.2. The molecule has 0 aliphatic heterocycles. The third-order valence-electron chi connectivity index (χ3n) is 5.09. The quantitative estimate of drug-likeness (QED) is 0.603. The van der Waals surface area contributed by atoms with E-state index in [-0.39, 0.29) is 5.82 Å². The number of aromatic nitrogens is 1. The molecule has 0 bridgehead atoms. The molecular weight excluding hydrogens is 293 g/mol. The summed E-state index contributed by atoms with van der Waals surface area (Å²) < 4.78 is 14.2. The number of thiazole rings is 1. The van der Waals surface area contributed by atoms with Crippen LogP contribution in [0.25, 0.3) is 10.2 Å². The van der Waals surface area contributed by atoms with Crippen LogP contribution in [0.3, 0.4) is 0 Å². The summed E-state index contributed by atoms with van der Waals surface area (Å²) in [4.78, 5) is 4.65. The summed E-state index contributed by atoms with van der Waals surface area (Å²) in [7, 11) is 0. The number of hydrogen-bond donors (Lipinski definition) is 0. The van der Waals surface area contributed by atoms with Crippen molar-refractivity contribution in [2.45, 2.75) is 64.7 Å². The lowest BCUT2D eigenvalue weighted by molar-refractivity contribution is 0.250. The predicted octanol–water partition coefficient (Wildman–Crippen LogP) is 6.36. The molecule has 1 aliphatic carbocycles. The van der Waals surface area contributed by atoms with E-state index in [9.17, 15) is 4.39 Å². The first-order chi connectivity index (χ1) is 10.7. The number of fused-ring (bicyclic) bond motifs is 1. The number of halogens is 1. The SMILES string of the molecule is CCCCC1CCC(CCc2nc3ccc(F)cc3s2)CC1. The van der Waals surface area contributed by atoms with Gasteiger partial charge in [0.1, 0.15) is 5.82 Å². The molecular formula is C19H26FNS. The van der Waals surface area contributed by atoms with Crippen LogP contribution in [0.1, 0.15) is 63.3 Å². The highest BCUT2D eigenvalue weighted by atomic mass is 32.1. The van der Waals surface area contributed by atoms with Crippen molar-refractivity contribution < 1.29 is 4.39 Å². The van der Waals surface area contributed by atoms with Gasteiger partial charge in [-0.3, -0.25) is 0 Å². The Morgan fingerprint density at radius 3 is 2.59 bits per heavy atom. The number of unbranched alkanes of at least 4 members (excludes halogenated alkanes) is 1. The van der Waals surface area contributed by atoms with Gasteiger partial charge in [-0.25, -0.2) is 9.37 Å². The van der Waals surface area contributed by atoms with Crippen molar-refractivity contribution in [1.29, 1.82) is 0 Å². The van der Waals surface area contributed by atoms with Crippen LogP contribution in [0.4, 0.5) is 4.39 Å². The Morgan fingerprint density at radius 1 is 1.14 bits per heavy atom. The molecule has 1 heterocycles. The first-order valence-corrected chi connectivity index (χ1v) is 9.61. The zero-order valence-corrected chi connectivity index (χ0v) is 14.3. The van der Waals surface area contributed by atoms with Crippen molar-refractivity contribution in [2.24, 2.45) is 11.8 Å². The Hall–Kier alpha value is -0.960. The summed E-state index contributed by atoms with van der Waals surface area (Å²) in [6.45, 7) is 2.29. The second-order valence-electron chi connectivity index (χ2n) is 6.79. The third-order valence-corrected chi connectivity index (χ3v) is 6.17. The minimum absolute atomic E-state index is 0.159. The molecule has 1 nitrogen and oxygen atoms in total. The van der Waals surface area contributed by atoms with E-state index in [1.807, 2.05) is 0 Å². The lowest BCUT2D eigenvalue weighted by Gasteiger charge is -2.28. The van der Waals surface area contributed by atoms with E-state index < -0.39 is 0 Å². The van der Waals surface area contributed by atoms with E-state index in [4.69, 9.17) is 0 Å². The molecule has 1 aromatic heterocycles. The summed E-state index contributed by atoms with van der Waals surface area (Å²) >= 11 is 1.66. The summed E-state index contributed by atoms with van der Waals surface area (Å²) in [5, 5.41) is 1.17. The first kappa shape index (κ1) is 15.9. The van der Waals surface area contributed by atoms with Crippen LogP contribution < -0.4 is 0 Å². The van der Waals surface area contributed by atoms with E-state index in [2.05, 4.69) is 11.9 Å². The normalized spacial score (nSPS) is 22.3. The number of aryl methyl sites for hydroxylation is 1. The molecule has 22 heavy (non-hydrogen) atoms. The number of rotatable bonds is 6. The summed E-state index contributed by atoms with van der Waals surface area (Å²) in [6, 6.07) is 4.91. The molecule has 120 valence electrons. The molecule has 0 radical (unpaired) electrons. The van der Waals surface area contributed by atoms with Gasteiger partial charge in [-0.1, -0.05) is 51.9 Å². The van der Waals surface area contributed by atoms with Gasteiger partial charge in [0.05, 0.1) is 15.2 Å². The van der Waals surface area contributed by atoms with Crippen LogP contribution >= 0.6 is 11.3 Å². The van der Waals surface area contributed by atoms with Crippen molar-refractivity contribution in [3.8, 4) is 0 Å². The summed E-state index contributed by atoms with van der Waals surface area (Å²) in [5.74, 6) is 1.70. The Balaban J connectivity index is 1.48. The molecule has 2 aromatic rings. The van der Waals surface area contributed by atoms with E-state index >= 15 is 0 Å². The van der Waals surface area contributed by atoms with Gasteiger partial charge in [0.15, 0.2) is 0 Å². The molecule has 0 amide bonds. The fourth-order valence-corrected chi connectivity index (χ4v) is 4.69. The van der Waals surface area contributed by atoms with Gasteiger partial charge in [0.25, 0.3) is 0 Å². The average Bonchev–Trinajstić information content (AvgIpc) is 2.94. The minimum atomic E-state index is -0.159. The molecule has 1 saturated carbocycles. The van der Waals surface area contributed by atoms with Crippen LogP contribution in [0.2, 0.25) is 0 Å². The van der Waals surface area contributed by atoms with E-state index in [1.165, 1.54) is 62.4 Å². The lowest BCUT2D eigenvalue weighted by Crippen LogP contribution is -2.15. The minimum Gasteiger partial charge on any atom is -0.241 e.